The summed E-state index contributed by atoms with van der Waals surface area (Å²) in [5.41, 5.74) is 1.04. The average Bonchev–Trinajstić information content (AvgIpc) is 3.34. The lowest BCUT2D eigenvalue weighted by Crippen LogP contribution is -2.35. The summed E-state index contributed by atoms with van der Waals surface area (Å²) in [6.07, 6.45) is 9.20. The van der Waals surface area contributed by atoms with E-state index in [-0.39, 0.29) is 5.82 Å². The second-order valence-corrected chi connectivity index (χ2v) is 8.07. The van der Waals surface area contributed by atoms with Gasteiger partial charge in [-0.1, -0.05) is 24.3 Å². The van der Waals surface area contributed by atoms with Gasteiger partial charge in [-0.05, 0) is 63.0 Å². The van der Waals surface area contributed by atoms with Gasteiger partial charge in [-0.3, -0.25) is 9.80 Å². The van der Waals surface area contributed by atoms with Crippen LogP contribution in [0.4, 0.5) is 4.39 Å². The smallest absolute Gasteiger partial charge is 0.146 e. The second kappa shape index (κ2) is 8.97. The van der Waals surface area contributed by atoms with E-state index in [0.29, 0.717) is 5.92 Å². The van der Waals surface area contributed by atoms with Gasteiger partial charge in [-0.15, -0.1) is 10.2 Å². The van der Waals surface area contributed by atoms with Crippen LogP contribution in [0.1, 0.15) is 48.8 Å². The van der Waals surface area contributed by atoms with Gasteiger partial charge in [0.15, 0.2) is 0 Å². The molecule has 150 valence electrons. The summed E-state index contributed by atoms with van der Waals surface area (Å²) in [7, 11) is 2.12. The highest BCUT2D eigenvalue weighted by atomic mass is 19.1. The Kier molecular flexibility index (Phi) is 6.17. The highest BCUT2D eigenvalue weighted by molar-refractivity contribution is 5.48. The van der Waals surface area contributed by atoms with Crippen molar-refractivity contribution in [3.63, 3.8) is 0 Å². The number of piperidine rings is 1. The van der Waals surface area contributed by atoms with Gasteiger partial charge in [0.2, 0.25) is 0 Å². The van der Waals surface area contributed by atoms with Crippen molar-refractivity contribution >= 4 is 6.08 Å². The molecule has 5 nitrogen and oxygen atoms in total. The van der Waals surface area contributed by atoms with Crippen LogP contribution in [0.5, 0.6) is 0 Å². The van der Waals surface area contributed by atoms with Crippen molar-refractivity contribution < 1.29 is 4.39 Å². The molecule has 2 fully saturated rings. The Hall–Kier alpha value is -2.05. The molecule has 1 atom stereocenters. The standard InChI is InChI=1S/C22H30FN5/c1-26-21(17-28-12-2-3-13-28)24-25-22(26)19-7-5-15-27(16-19)14-4-6-18-8-10-20(23)11-9-18/h4,6,8-11,19H,2-3,5,7,12-17H2,1H3/b6-4+. The Balaban J connectivity index is 1.34. The third kappa shape index (κ3) is 4.67. The van der Waals surface area contributed by atoms with Crippen molar-refractivity contribution in [2.75, 3.05) is 32.7 Å². The Bertz CT molecular complexity index is 792. The van der Waals surface area contributed by atoms with Crippen LogP contribution in [-0.2, 0) is 13.6 Å². The number of halogens is 1. The number of likely N-dealkylation sites (tertiary alicyclic amines) is 2. The molecule has 6 heteroatoms. The first kappa shape index (κ1) is 19.3. The molecule has 2 aromatic rings. The predicted octanol–water partition coefficient (Wildman–Crippen LogP) is 3.44. The molecule has 0 amide bonds. The molecule has 0 spiro atoms. The van der Waals surface area contributed by atoms with Gasteiger partial charge in [-0.2, -0.15) is 0 Å². The van der Waals surface area contributed by atoms with Crippen LogP contribution in [0.25, 0.3) is 6.08 Å². The van der Waals surface area contributed by atoms with Gasteiger partial charge in [0.05, 0.1) is 6.54 Å². The molecule has 1 unspecified atom stereocenters. The minimum atomic E-state index is -0.191. The Morgan fingerprint density at radius 1 is 1.04 bits per heavy atom. The minimum absolute atomic E-state index is 0.191. The number of hydrogen-bond acceptors (Lipinski definition) is 4. The van der Waals surface area contributed by atoms with Crippen molar-refractivity contribution in [1.29, 1.82) is 0 Å². The van der Waals surface area contributed by atoms with E-state index < -0.39 is 0 Å². The van der Waals surface area contributed by atoms with Crippen LogP contribution in [0.2, 0.25) is 0 Å². The fraction of sp³-hybridized carbons (Fsp3) is 0.545. The first-order chi connectivity index (χ1) is 13.7. The molecule has 2 saturated heterocycles. The molecular formula is C22H30FN5. The van der Waals surface area contributed by atoms with Crippen LogP contribution >= 0.6 is 0 Å². The van der Waals surface area contributed by atoms with Gasteiger partial charge in [0, 0.05) is 26.1 Å². The average molecular weight is 384 g/mol. The van der Waals surface area contributed by atoms with E-state index in [9.17, 15) is 4.39 Å². The molecule has 2 aliphatic rings. The van der Waals surface area contributed by atoms with E-state index in [1.165, 1.54) is 50.9 Å². The fourth-order valence-corrected chi connectivity index (χ4v) is 4.35. The lowest BCUT2D eigenvalue weighted by Gasteiger charge is -2.31. The van der Waals surface area contributed by atoms with E-state index >= 15 is 0 Å². The molecule has 0 saturated carbocycles. The summed E-state index contributed by atoms with van der Waals surface area (Å²) in [6.45, 7) is 6.32. The Morgan fingerprint density at radius 2 is 1.79 bits per heavy atom. The summed E-state index contributed by atoms with van der Waals surface area (Å²) >= 11 is 0. The van der Waals surface area contributed by atoms with Crippen LogP contribution in [-0.4, -0.2) is 57.3 Å². The van der Waals surface area contributed by atoms with E-state index in [0.717, 1.165) is 43.4 Å². The zero-order valence-corrected chi connectivity index (χ0v) is 16.7. The second-order valence-electron chi connectivity index (χ2n) is 8.07. The van der Waals surface area contributed by atoms with Gasteiger partial charge < -0.3 is 4.57 Å². The molecule has 0 bridgehead atoms. The van der Waals surface area contributed by atoms with Crippen molar-refractivity contribution in [2.24, 2.45) is 7.05 Å². The van der Waals surface area contributed by atoms with Gasteiger partial charge in [0.1, 0.15) is 17.5 Å². The van der Waals surface area contributed by atoms with E-state index in [4.69, 9.17) is 0 Å². The quantitative estimate of drug-likeness (QED) is 0.766. The number of hydrogen-bond donors (Lipinski definition) is 0. The van der Waals surface area contributed by atoms with Crippen LogP contribution in [0.3, 0.4) is 0 Å². The van der Waals surface area contributed by atoms with E-state index in [1.54, 1.807) is 0 Å². The Labute approximate surface area is 166 Å². The minimum Gasteiger partial charge on any atom is -0.317 e. The number of nitrogens with zero attached hydrogens (tertiary/aromatic N) is 5. The maximum atomic E-state index is 13.0. The lowest BCUT2D eigenvalue weighted by atomic mass is 9.97. The van der Waals surface area contributed by atoms with E-state index in [2.05, 4.69) is 43.8 Å². The third-order valence-electron chi connectivity index (χ3n) is 5.98. The zero-order valence-electron chi connectivity index (χ0n) is 16.7. The third-order valence-corrected chi connectivity index (χ3v) is 5.98. The largest absolute Gasteiger partial charge is 0.317 e. The monoisotopic (exact) mass is 383 g/mol. The maximum absolute atomic E-state index is 13.0. The van der Waals surface area contributed by atoms with Crippen molar-refractivity contribution in [3.8, 4) is 0 Å². The summed E-state index contributed by atoms with van der Waals surface area (Å²) in [5.74, 6) is 2.47. The summed E-state index contributed by atoms with van der Waals surface area (Å²) < 4.78 is 15.2. The van der Waals surface area contributed by atoms with Crippen molar-refractivity contribution in [2.45, 2.75) is 38.1 Å². The molecule has 2 aliphatic heterocycles. The summed E-state index contributed by atoms with van der Waals surface area (Å²) in [6, 6.07) is 6.63. The fourth-order valence-electron chi connectivity index (χ4n) is 4.35. The maximum Gasteiger partial charge on any atom is 0.146 e. The zero-order chi connectivity index (χ0) is 19.3. The van der Waals surface area contributed by atoms with Gasteiger partial charge in [0.25, 0.3) is 0 Å². The van der Waals surface area contributed by atoms with Crippen molar-refractivity contribution in [1.82, 2.24) is 24.6 Å². The SMILES string of the molecule is Cn1c(CN2CCCC2)nnc1C1CCCN(C/C=C/c2ccc(F)cc2)C1. The summed E-state index contributed by atoms with van der Waals surface area (Å²) in [4.78, 5) is 4.95. The van der Waals surface area contributed by atoms with Crippen LogP contribution < -0.4 is 0 Å². The molecule has 1 aromatic carbocycles. The highest BCUT2D eigenvalue weighted by Crippen LogP contribution is 2.26. The first-order valence-electron chi connectivity index (χ1n) is 10.4. The van der Waals surface area contributed by atoms with Crippen molar-refractivity contribution in [3.05, 3.63) is 53.4 Å². The number of benzene rings is 1. The molecule has 0 N–H and O–H groups in total. The van der Waals surface area contributed by atoms with Crippen LogP contribution in [0, 0.1) is 5.82 Å². The molecular weight excluding hydrogens is 353 g/mol. The highest BCUT2D eigenvalue weighted by Gasteiger charge is 2.26. The molecule has 28 heavy (non-hydrogen) atoms. The number of rotatable bonds is 6. The number of aromatic nitrogens is 3. The molecule has 1 aromatic heterocycles. The van der Waals surface area contributed by atoms with Crippen LogP contribution in [0.15, 0.2) is 30.3 Å². The normalized spacial score (nSPS) is 21.7. The van der Waals surface area contributed by atoms with Gasteiger partial charge in [-0.25, -0.2) is 4.39 Å². The predicted molar refractivity (Wildman–Crippen MR) is 109 cm³/mol. The first-order valence-corrected chi connectivity index (χ1v) is 10.4. The molecule has 0 radical (unpaired) electrons. The topological polar surface area (TPSA) is 37.2 Å². The Morgan fingerprint density at radius 3 is 2.57 bits per heavy atom. The van der Waals surface area contributed by atoms with E-state index in [1.807, 2.05) is 12.1 Å². The molecule has 3 heterocycles. The summed E-state index contributed by atoms with van der Waals surface area (Å²) in [5, 5.41) is 9.05. The molecule has 0 aliphatic carbocycles. The van der Waals surface area contributed by atoms with Gasteiger partial charge >= 0.3 is 0 Å². The molecule has 4 rings (SSSR count). The lowest BCUT2D eigenvalue weighted by molar-refractivity contribution is 0.221.